The largest absolute Gasteiger partial charge is 0.305 e. The van der Waals surface area contributed by atoms with Gasteiger partial charge in [0.2, 0.25) is 0 Å². The van der Waals surface area contributed by atoms with Gasteiger partial charge in [-0.2, -0.15) is 0 Å². The van der Waals surface area contributed by atoms with E-state index in [-0.39, 0.29) is 30.9 Å². The number of aryl methyl sites for hydroxylation is 3. The second-order valence-corrected chi connectivity index (χ2v) is 11.6. The van der Waals surface area contributed by atoms with Crippen LogP contribution in [0.3, 0.4) is 0 Å². The molecule has 1 aliphatic rings. The van der Waals surface area contributed by atoms with Gasteiger partial charge in [-0.3, -0.25) is 0 Å². The molecule has 0 unspecified atom stereocenters. The number of benzene rings is 3. The Morgan fingerprint density at radius 1 is 0.600 bits per heavy atom. The van der Waals surface area contributed by atoms with Crippen LogP contribution in [0.1, 0.15) is 55.5 Å². The first-order chi connectivity index (χ1) is 18.6. The van der Waals surface area contributed by atoms with Gasteiger partial charge in [0, 0.05) is 32.5 Å². The van der Waals surface area contributed by atoms with Crippen molar-refractivity contribution >= 4 is 0 Å². The van der Waals surface area contributed by atoms with E-state index in [4.69, 9.17) is 0 Å². The maximum absolute atomic E-state index is 4.49. The predicted octanol–water partition coefficient (Wildman–Crippen LogP) is 9.26. The number of rotatable bonds is 2. The van der Waals surface area contributed by atoms with Crippen LogP contribution >= 0.6 is 0 Å². The fourth-order valence-corrected chi connectivity index (χ4v) is 5.27. The number of aromatic nitrogens is 2. The number of nitrogens with zero attached hydrogens (tertiary/aromatic N) is 2. The third kappa shape index (κ3) is 5.46. The molecular formula is C37H36IrN2-2. The second kappa shape index (κ2) is 11.6. The van der Waals surface area contributed by atoms with Crippen molar-refractivity contribution in [2.24, 2.45) is 0 Å². The summed E-state index contributed by atoms with van der Waals surface area (Å²) in [5.41, 5.74) is 13.3. The van der Waals surface area contributed by atoms with Crippen molar-refractivity contribution in [3.8, 4) is 33.6 Å². The predicted molar refractivity (Wildman–Crippen MR) is 163 cm³/mol. The molecule has 5 aromatic rings. The minimum Gasteiger partial charge on any atom is -0.305 e. The summed E-state index contributed by atoms with van der Waals surface area (Å²) in [6, 6.07) is 34.2. The summed E-state index contributed by atoms with van der Waals surface area (Å²) in [5, 5.41) is 0. The number of pyridine rings is 2. The molecule has 205 valence electrons. The summed E-state index contributed by atoms with van der Waals surface area (Å²) in [6.07, 6.45) is 3.75. The van der Waals surface area contributed by atoms with Crippen LogP contribution in [0, 0.1) is 32.9 Å². The van der Waals surface area contributed by atoms with Gasteiger partial charge in [-0.25, -0.2) is 0 Å². The zero-order valence-electron chi connectivity index (χ0n) is 24.4. The van der Waals surface area contributed by atoms with Gasteiger partial charge in [0.25, 0.3) is 0 Å². The van der Waals surface area contributed by atoms with Crippen LogP contribution in [0.5, 0.6) is 0 Å². The molecule has 3 aromatic carbocycles. The molecular weight excluding hydrogens is 665 g/mol. The SMILES string of the molecule is CC1(C)c2c[c-]c(-c3ccccn3)cc2-c2ccccc2C1(C)C.Cc1c[c-]c(-c2cc(C)c(C)cn2)cc1.[Ir]. The molecule has 0 spiro atoms. The van der Waals surface area contributed by atoms with Crippen molar-refractivity contribution in [3.63, 3.8) is 0 Å². The van der Waals surface area contributed by atoms with Gasteiger partial charge in [0.05, 0.1) is 0 Å². The van der Waals surface area contributed by atoms with Gasteiger partial charge < -0.3 is 9.97 Å². The Bertz CT molecular complexity index is 1620. The summed E-state index contributed by atoms with van der Waals surface area (Å²) in [4.78, 5) is 8.90. The third-order valence-corrected chi connectivity index (χ3v) is 8.63. The topological polar surface area (TPSA) is 25.8 Å². The van der Waals surface area contributed by atoms with Crippen LogP contribution in [-0.2, 0) is 30.9 Å². The zero-order valence-corrected chi connectivity index (χ0v) is 26.8. The molecule has 3 heteroatoms. The average Bonchev–Trinajstić information content (AvgIpc) is 2.95. The van der Waals surface area contributed by atoms with E-state index in [0.29, 0.717) is 0 Å². The summed E-state index contributed by atoms with van der Waals surface area (Å²) in [7, 11) is 0. The normalized spacial score (nSPS) is 14.1. The van der Waals surface area contributed by atoms with E-state index in [1.807, 2.05) is 36.7 Å². The van der Waals surface area contributed by atoms with Crippen molar-refractivity contribution in [2.45, 2.75) is 59.3 Å². The first-order valence-electron chi connectivity index (χ1n) is 13.6. The molecule has 0 atom stereocenters. The molecule has 6 rings (SSSR count). The Morgan fingerprint density at radius 2 is 1.30 bits per heavy atom. The van der Waals surface area contributed by atoms with Gasteiger partial charge in [-0.1, -0.05) is 88.2 Å². The third-order valence-electron chi connectivity index (χ3n) is 8.63. The molecule has 0 saturated heterocycles. The van der Waals surface area contributed by atoms with Crippen molar-refractivity contribution in [3.05, 3.63) is 131 Å². The van der Waals surface area contributed by atoms with Crippen molar-refractivity contribution < 1.29 is 20.1 Å². The van der Waals surface area contributed by atoms with Gasteiger partial charge in [0.15, 0.2) is 0 Å². The molecule has 0 saturated carbocycles. The Labute approximate surface area is 253 Å². The van der Waals surface area contributed by atoms with E-state index in [1.165, 1.54) is 38.9 Å². The first-order valence-corrected chi connectivity index (χ1v) is 13.6. The van der Waals surface area contributed by atoms with Crippen molar-refractivity contribution in [2.75, 3.05) is 0 Å². The van der Waals surface area contributed by atoms with Crippen LogP contribution in [0.15, 0.2) is 91.3 Å². The Morgan fingerprint density at radius 3 is 1.98 bits per heavy atom. The fraction of sp³-hybridized carbons (Fsp3) is 0.243. The van der Waals surface area contributed by atoms with Crippen molar-refractivity contribution in [1.29, 1.82) is 0 Å². The van der Waals surface area contributed by atoms with Gasteiger partial charge in [-0.15, -0.1) is 64.7 Å². The summed E-state index contributed by atoms with van der Waals surface area (Å²) >= 11 is 0. The van der Waals surface area contributed by atoms with E-state index in [9.17, 15) is 0 Å². The molecule has 0 fully saturated rings. The van der Waals surface area contributed by atoms with Crippen LogP contribution in [0.25, 0.3) is 33.6 Å². The number of fused-ring (bicyclic) bond motifs is 3. The number of hydrogen-bond donors (Lipinski definition) is 0. The molecule has 40 heavy (non-hydrogen) atoms. The van der Waals surface area contributed by atoms with E-state index in [2.05, 4.69) is 125 Å². The van der Waals surface area contributed by atoms with E-state index < -0.39 is 0 Å². The minimum atomic E-state index is 0. The molecule has 0 N–H and O–H groups in total. The molecule has 0 aliphatic heterocycles. The molecule has 1 aliphatic carbocycles. The quantitative estimate of drug-likeness (QED) is 0.172. The average molecular weight is 701 g/mol. The Balaban J connectivity index is 0.000000200. The smallest absolute Gasteiger partial charge is 0.0192 e. The zero-order chi connectivity index (χ0) is 27.8. The van der Waals surface area contributed by atoms with Gasteiger partial charge in [-0.05, 0) is 58.8 Å². The van der Waals surface area contributed by atoms with Crippen LogP contribution in [0.4, 0.5) is 0 Å². The summed E-state index contributed by atoms with van der Waals surface area (Å²) in [5.74, 6) is 0. The first kappa shape index (κ1) is 29.6. The minimum absolute atomic E-state index is 0. The molecule has 0 amide bonds. The molecule has 2 aromatic heterocycles. The monoisotopic (exact) mass is 701 g/mol. The van der Waals surface area contributed by atoms with Crippen molar-refractivity contribution in [1.82, 2.24) is 9.97 Å². The second-order valence-electron chi connectivity index (χ2n) is 11.6. The van der Waals surface area contributed by atoms with Crippen LogP contribution in [0.2, 0.25) is 0 Å². The van der Waals surface area contributed by atoms with Gasteiger partial charge in [0.1, 0.15) is 0 Å². The number of hydrogen-bond acceptors (Lipinski definition) is 2. The van der Waals surface area contributed by atoms with E-state index >= 15 is 0 Å². The standard InChI is InChI=1S/C23H22N.C14H14N.Ir/c1-22(2)19-10-6-5-9-17(19)18-15-16(21-11-7-8-14-24-21)12-13-20(18)23(22,3)4;1-10-4-6-13(7-5-10)14-8-11(2)12(3)9-15-14;/h5-11,13-15H,1-4H3;4-6,8-9H,1-3H3;/q2*-1;. The molecule has 2 heterocycles. The molecule has 1 radical (unpaired) electrons. The Hall–Kier alpha value is -3.39. The Kier molecular flexibility index (Phi) is 8.59. The molecule has 2 nitrogen and oxygen atoms in total. The van der Waals surface area contributed by atoms with Crippen LogP contribution in [-0.4, -0.2) is 9.97 Å². The van der Waals surface area contributed by atoms with Gasteiger partial charge >= 0.3 is 0 Å². The summed E-state index contributed by atoms with van der Waals surface area (Å²) < 4.78 is 0. The van der Waals surface area contributed by atoms with E-state index in [1.54, 1.807) is 0 Å². The molecule has 0 bridgehead atoms. The van der Waals surface area contributed by atoms with Crippen LogP contribution < -0.4 is 0 Å². The summed E-state index contributed by atoms with van der Waals surface area (Å²) in [6.45, 7) is 15.6. The maximum atomic E-state index is 4.49. The fourth-order valence-electron chi connectivity index (χ4n) is 5.27. The van der Waals surface area contributed by atoms with E-state index in [0.717, 1.165) is 22.5 Å². The maximum Gasteiger partial charge on any atom is 0.0192 e.